The Balaban J connectivity index is 1.81. The molecule has 20 heavy (non-hydrogen) atoms. The summed E-state index contributed by atoms with van der Waals surface area (Å²) in [6.07, 6.45) is 2.04. The van der Waals surface area contributed by atoms with Crippen molar-refractivity contribution in [2.45, 2.75) is 32.4 Å². The summed E-state index contributed by atoms with van der Waals surface area (Å²) in [6.45, 7) is 2.45. The highest BCUT2D eigenvalue weighted by molar-refractivity contribution is 7.09. The average Bonchev–Trinajstić information content (AvgIpc) is 3.19. The molecule has 1 amide bonds. The number of carbonyl (C=O) groups is 1. The molecule has 0 atom stereocenters. The van der Waals surface area contributed by atoms with Crippen LogP contribution in [-0.4, -0.2) is 21.8 Å². The van der Waals surface area contributed by atoms with Gasteiger partial charge in [0.15, 0.2) is 0 Å². The van der Waals surface area contributed by atoms with Gasteiger partial charge in [-0.1, -0.05) is 6.07 Å². The number of nitrogens with zero attached hydrogens (tertiary/aromatic N) is 2. The smallest absolute Gasteiger partial charge is 0.254 e. The Kier molecular flexibility index (Phi) is 3.53. The van der Waals surface area contributed by atoms with E-state index in [0.717, 1.165) is 23.5 Å². The zero-order valence-electron chi connectivity index (χ0n) is 11.2. The van der Waals surface area contributed by atoms with Gasteiger partial charge in [-0.2, -0.15) is 0 Å². The van der Waals surface area contributed by atoms with Gasteiger partial charge in [0.2, 0.25) is 0 Å². The number of carbonyl (C=O) groups excluding carboxylic acids is 1. The van der Waals surface area contributed by atoms with E-state index in [0.29, 0.717) is 12.1 Å². The first-order valence-corrected chi connectivity index (χ1v) is 7.49. The standard InChI is InChI=1S/C15H15FN2OS/c1-10-17-13(9-20-10)8-18(14-5-6-14)15(19)11-3-2-4-12(16)7-11/h2-4,7,9,14H,5-6,8H2,1H3. The molecule has 1 aromatic heterocycles. The van der Waals surface area contributed by atoms with Crippen LogP contribution in [0, 0.1) is 12.7 Å². The summed E-state index contributed by atoms with van der Waals surface area (Å²) >= 11 is 1.58. The fourth-order valence-electron chi connectivity index (χ4n) is 2.20. The molecule has 1 aliphatic rings. The highest BCUT2D eigenvalue weighted by atomic mass is 32.1. The predicted molar refractivity (Wildman–Crippen MR) is 76.1 cm³/mol. The number of hydrogen-bond donors (Lipinski definition) is 0. The van der Waals surface area contributed by atoms with Crippen molar-refractivity contribution >= 4 is 17.2 Å². The van der Waals surface area contributed by atoms with Crippen LogP contribution in [0.3, 0.4) is 0 Å². The number of benzene rings is 1. The van der Waals surface area contributed by atoms with Crippen molar-refractivity contribution in [2.24, 2.45) is 0 Å². The second kappa shape index (κ2) is 5.32. The van der Waals surface area contributed by atoms with Gasteiger partial charge in [0, 0.05) is 17.0 Å². The Labute approximate surface area is 121 Å². The third-order valence-corrected chi connectivity index (χ3v) is 4.14. The first-order chi connectivity index (χ1) is 9.63. The number of amides is 1. The van der Waals surface area contributed by atoms with Crippen LogP contribution in [-0.2, 0) is 6.54 Å². The Bertz CT molecular complexity index is 636. The monoisotopic (exact) mass is 290 g/mol. The van der Waals surface area contributed by atoms with E-state index in [-0.39, 0.29) is 17.8 Å². The SMILES string of the molecule is Cc1nc(CN(C(=O)c2cccc(F)c2)C2CC2)cs1. The van der Waals surface area contributed by atoms with Crippen molar-refractivity contribution in [3.63, 3.8) is 0 Å². The third kappa shape index (κ3) is 2.88. The summed E-state index contributed by atoms with van der Waals surface area (Å²) in [4.78, 5) is 18.7. The predicted octanol–water partition coefficient (Wildman–Crippen LogP) is 3.40. The van der Waals surface area contributed by atoms with Gasteiger partial charge in [0.1, 0.15) is 5.82 Å². The Morgan fingerprint density at radius 2 is 2.30 bits per heavy atom. The molecule has 3 nitrogen and oxygen atoms in total. The number of hydrogen-bond acceptors (Lipinski definition) is 3. The number of rotatable bonds is 4. The number of thiazole rings is 1. The third-order valence-electron chi connectivity index (χ3n) is 3.32. The van der Waals surface area contributed by atoms with E-state index in [1.165, 1.54) is 12.1 Å². The second-order valence-corrected chi connectivity index (χ2v) is 6.09. The minimum atomic E-state index is -0.379. The lowest BCUT2D eigenvalue weighted by atomic mass is 10.2. The zero-order valence-corrected chi connectivity index (χ0v) is 12.0. The maximum Gasteiger partial charge on any atom is 0.254 e. The van der Waals surface area contributed by atoms with E-state index in [2.05, 4.69) is 4.98 Å². The van der Waals surface area contributed by atoms with Gasteiger partial charge in [0.05, 0.1) is 17.2 Å². The van der Waals surface area contributed by atoms with E-state index in [1.807, 2.05) is 17.2 Å². The van der Waals surface area contributed by atoms with Gasteiger partial charge in [-0.3, -0.25) is 4.79 Å². The highest BCUT2D eigenvalue weighted by Crippen LogP contribution is 2.30. The highest BCUT2D eigenvalue weighted by Gasteiger charge is 2.33. The minimum absolute atomic E-state index is 0.113. The first kappa shape index (κ1) is 13.2. The molecule has 104 valence electrons. The van der Waals surface area contributed by atoms with Crippen LogP contribution in [0.5, 0.6) is 0 Å². The molecule has 0 saturated heterocycles. The average molecular weight is 290 g/mol. The minimum Gasteiger partial charge on any atom is -0.330 e. The van der Waals surface area contributed by atoms with Crippen molar-refractivity contribution in [3.8, 4) is 0 Å². The first-order valence-electron chi connectivity index (χ1n) is 6.61. The van der Waals surface area contributed by atoms with Crippen molar-refractivity contribution in [2.75, 3.05) is 0 Å². The molecule has 3 rings (SSSR count). The molecule has 1 heterocycles. The number of halogens is 1. The molecule has 0 unspecified atom stereocenters. The van der Waals surface area contributed by atoms with Crippen molar-refractivity contribution < 1.29 is 9.18 Å². The van der Waals surface area contributed by atoms with E-state index in [1.54, 1.807) is 23.5 Å². The molecule has 0 spiro atoms. The fraction of sp³-hybridized carbons (Fsp3) is 0.333. The zero-order chi connectivity index (χ0) is 14.1. The fourth-order valence-corrected chi connectivity index (χ4v) is 2.80. The van der Waals surface area contributed by atoms with Gasteiger partial charge in [0.25, 0.3) is 5.91 Å². The van der Waals surface area contributed by atoms with Crippen molar-refractivity contribution in [3.05, 3.63) is 51.7 Å². The molecular formula is C15H15FN2OS. The van der Waals surface area contributed by atoms with Crippen LogP contribution in [0.4, 0.5) is 4.39 Å². The Morgan fingerprint density at radius 1 is 1.50 bits per heavy atom. The second-order valence-electron chi connectivity index (χ2n) is 5.03. The molecular weight excluding hydrogens is 275 g/mol. The van der Waals surface area contributed by atoms with Crippen LogP contribution in [0.2, 0.25) is 0 Å². The molecule has 0 radical (unpaired) electrons. The van der Waals surface area contributed by atoms with Gasteiger partial charge < -0.3 is 4.90 Å². The Hall–Kier alpha value is -1.75. The normalized spacial score (nSPS) is 14.3. The molecule has 1 fully saturated rings. The summed E-state index contributed by atoms with van der Waals surface area (Å²) in [7, 11) is 0. The Morgan fingerprint density at radius 3 is 2.90 bits per heavy atom. The van der Waals surface area contributed by atoms with E-state index in [9.17, 15) is 9.18 Å². The maximum atomic E-state index is 13.3. The molecule has 1 aromatic carbocycles. The summed E-state index contributed by atoms with van der Waals surface area (Å²) < 4.78 is 13.3. The quantitative estimate of drug-likeness (QED) is 0.864. The molecule has 1 saturated carbocycles. The molecule has 0 aliphatic heterocycles. The van der Waals surface area contributed by atoms with E-state index >= 15 is 0 Å². The lowest BCUT2D eigenvalue weighted by molar-refractivity contribution is 0.0727. The summed E-state index contributed by atoms with van der Waals surface area (Å²) in [5.41, 5.74) is 1.31. The van der Waals surface area contributed by atoms with Crippen LogP contribution in [0.1, 0.15) is 33.9 Å². The summed E-state index contributed by atoms with van der Waals surface area (Å²) in [5, 5.41) is 2.97. The van der Waals surface area contributed by atoms with Crippen molar-refractivity contribution in [1.82, 2.24) is 9.88 Å². The largest absolute Gasteiger partial charge is 0.330 e. The maximum absolute atomic E-state index is 13.3. The topological polar surface area (TPSA) is 33.2 Å². The summed E-state index contributed by atoms with van der Waals surface area (Å²) in [6, 6.07) is 6.15. The molecule has 5 heteroatoms. The molecule has 1 aliphatic carbocycles. The lowest BCUT2D eigenvalue weighted by Crippen LogP contribution is -2.32. The van der Waals surface area contributed by atoms with Crippen LogP contribution < -0.4 is 0 Å². The van der Waals surface area contributed by atoms with Crippen molar-refractivity contribution in [1.29, 1.82) is 0 Å². The number of aromatic nitrogens is 1. The van der Waals surface area contributed by atoms with Gasteiger partial charge in [-0.05, 0) is 38.0 Å². The van der Waals surface area contributed by atoms with Gasteiger partial charge in [-0.25, -0.2) is 9.37 Å². The molecule has 0 N–H and O–H groups in total. The molecule has 2 aromatic rings. The molecule has 0 bridgehead atoms. The van der Waals surface area contributed by atoms with Gasteiger partial charge in [-0.15, -0.1) is 11.3 Å². The van der Waals surface area contributed by atoms with E-state index < -0.39 is 0 Å². The summed E-state index contributed by atoms with van der Waals surface area (Å²) in [5.74, 6) is -0.492. The number of aryl methyl sites for hydroxylation is 1. The van der Waals surface area contributed by atoms with Crippen LogP contribution >= 0.6 is 11.3 Å². The van der Waals surface area contributed by atoms with Crippen LogP contribution in [0.15, 0.2) is 29.6 Å². The lowest BCUT2D eigenvalue weighted by Gasteiger charge is -2.21. The van der Waals surface area contributed by atoms with Crippen LogP contribution in [0.25, 0.3) is 0 Å². The van der Waals surface area contributed by atoms with E-state index in [4.69, 9.17) is 0 Å². The van der Waals surface area contributed by atoms with Gasteiger partial charge >= 0.3 is 0 Å².